The van der Waals surface area contributed by atoms with E-state index in [4.69, 9.17) is 9.47 Å². The number of Topliss-reactive ketones (excluding diaryl/α,β-unsaturated/α-hetero) is 1. The van der Waals surface area contributed by atoms with E-state index in [0.29, 0.717) is 23.2 Å². The van der Waals surface area contributed by atoms with Gasteiger partial charge in [-0.3, -0.25) is 19.0 Å². The van der Waals surface area contributed by atoms with Crippen LogP contribution < -0.4 is 9.46 Å². The average molecular weight is 486 g/mol. The fourth-order valence-corrected chi connectivity index (χ4v) is 4.06. The summed E-state index contributed by atoms with van der Waals surface area (Å²) in [5.41, 5.74) is -0.778. The molecule has 1 aromatic carbocycles. The van der Waals surface area contributed by atoms with Gasteiger partial charge >= 0.3 is 0 Å². The first-order valence-corrected chi connectivity index (χ1v) is 11.4. The Kier molecular flexibility index (Phi) is 7.87. The van der Waals surface area contributed by atoms with Crippen molar-refractivity contribution in [3.63, 3.8) is 0 Å². The highest BCUT2D eigenvalue weighted by molar-refractivity contribution is 7.92. The standard InChI is InChI=1S/C20H21F3N4O5S/c1-31-6-7-32-20-13-9-12(11-24-19(13)25-26-20)10-16(28)17-14(22)3-4-15(18(17)23)27-33(29,30)8-2-5-21/h3-4,9,11,27H,2,5-8,10H2,1H3,(H,24,25,26). The number of hydrogen-bond donors (Lipinski definition) is 2. The van der Waals surface area contributed by atoms with Crippen LogP contribution in [-0.2, 0) is 21.2 Å². The highest BCUT2D eigenvalue weighted by Crippen LogP contribution is 2.26. The molecule has 0 saturated heterocycles. The molecule has 0 amide bonds. The van der Waals surface area contributed by atoms with Gasteiger partial charge in [0, 0.05) is 19.7 Å². The van der Waals surface area contributed by atoms with Crippen LogP contribution in [0, 0.1) is 11.6 Å². The Labute approximate surface area is 187 Å². The Morgan fingerprint density at radius 1 is 1.24 bits per heavy atom. The summed E-state index contributed by atoms with van der Waals surface area (Å²) < 4.78 is 77.6. The van der Waals surface area contributed by atoms with Crippen molar-refractivity contribution in [1.82, 2.24) is 15.2 Å². The normalized spacial score (nSPS) is 11.6. The molecule has 0 aliphatic carbocycles. The number of benzene rings is 1. The number of sulfonamides is 1. The van der Waals surface area contributed by atoms with E-state index >= 15 is 0 Å². The van der Waals surface area contributed by atoms with E-state index in [0.717, 1.165) is 12.1 Å². The number of rotatable bonds is 12. The van der Waals surface area contributed by atoms with E-state index in [1.165, 1.54) is 13.3 Å². The Morgan fingerprint density at radius 3 is 2.76 bits per heavy atom. The number of ketones is 1. The number of pyridine rings is 1. The van der Waals surface area contributed by atoms with Crippen LogP contribution in [0.15, 0.2) is 24.4 Å². The molecule has 9 nitrogen and oxygen atoms in total. The van der Waals surface area contributed by atoms with E-state index in [-0.39, 0.29) is 18.9 Å². The van der Waals surface area contributed by atoms with Gasteiger partial charge in [-0.05, 0) is 30.2 Å². The first-order chi connectivity index (χ1) is 15.8. The van der Waals surface area contributed by atoms with Gasteiger partial charge in [0.1, 0.15) is 12.4 Å². The first kappa shape index (κ1) is 24.5. The molecule has 0 spiro atoms. The zero-order valence-corrected chi connectivity index (χ0v) is 18.3. The number of halogens is 3. The molecule has 2 N–H and O–H groups in total. The predicted octanol–water partition coefficient (Wildman–Crippen LogP) is 2.79. The van der Waals surface area contributed by atoms with E-state index in [9.17, 15) is 26.4 Å². The lowest BCUT2D eigenvalue weighted by atomic mass is 10.0. The molecule has 13 heteroatoms. The van der Waals surface area contributed by atoms with Crippen LogP contribution in [0.5, 0.6) is 5.88 Å². The van der Waals surface area contributed by atoms with E-state index < -0.39 is 57.5 Å². The van der Waals surface area contributed by atoms with Gasteiger partial charge in [-0.1, -0.05) is 0 Å². The molecular formula is C20H21F3N4O5S. The maximum absolute atomic E-state index is 14.9. The number of nitrogens with one attached hydrogen (secondary N) is 2. The number of aromatic amines is 1. The number of nitrogens with zero attached hydrogens (tertiary/aromatic N) is 2. The van der Waals surface area contributed by atoms with Crippen LogP contribution >= 0.6 is 0 Å². The lowest BCUT2D eigenvalue weighted by molar-refractivity contribution is 0.0985. The second-order valence-electron chi connectivity index (χ2n) is 6.96. The lowest BCUT2D eigenvalue weighted by Crippen LogP contribution is -2.19. The number of carbonyl (C=O) groups excluding carboxylic acids is 1. The SMILES string of the molecule is COCCOc1n[nH]c2ncc(CC(=O)c3c(F)ccc(NS(=O)(=O)CCCF)c3F)cc12. The fourth-order valence-electron chi connectivity index (χ4n) is 2.98. The number of aromatic nitrogens is 3. The minimum Gasteiger partial charge on any atom is -0.474 e. The highest BCUT2D eigenvalue weighted by atomic mass is 32.2. The number of ether oxygens (including phenoxy) is 2. The van der Waals surface area contributed by atoms with Crippen molar-refractivity contribution in [3.05, 3.63) is 47.2 Å². The zero-order valence-electron chi connectivity index (χ0n) is 17.5. The topological polar surface area (TPSA) is 123 Å². The van der Waals surface area contributed by atoms with Crippen molar-refractivity contribution >= 4 is 32.5 Å². The van der Waals surface area contributed by atoms with Crippen molar-refractivity contribution in [2.75, 3.05) is 37.5 Å². The van der Waals surface area contributed by atoms with E-state index in [2.05, 4.69) is 15.2 Å². The fraction of sp³-hybridized carbons (Fsp3) is 0.350. The minimum atomic E-state index is -4.07. The van der Waals surface area contributed by atoms with E-state index in [1.54, 1.807) is 6.07 Å². The van der Waals surface area contributed by atoms with Gasteiger partial charge in [0.15, 0.2) is 17.2 Å². The van der Waals surface area contributed by atoms with Crippen molar-refractivity contribution in [2.24, 2.45) is 0 Å². The summed E-state index contributed by atoms with van der Waals surface area (Å²) in [6, 6.07) is 3.19. The van der Waals surface area contributed by atoms with Crippen molar-refractivity contribution in [1.29, 1.82) is 0 Å². The Bertz CT molecular complexity index is 1250. The average Bonchev–Trinajstić information content (AvgIpc) is 3.17. The molecule has 3 aromatic rings. The summed E-state index contributed by atoms with van der Waals surface area (Å²) >= 11 is 0. The molecule has 0 radical (unpaired) electrons. The van der Waals surface area contributed by atoms with Gasteiger partial charge < -0.3 is 9.47 Å². The number of H-pyrrole nitrogens is 1. The molecule has 0 aliphatic rings. The Hall–Kier alpha value is -3.19. The third-order valence-corrected chi connectivity index (χ3v) is 5.87. The maximum Gasteiger partial charge on any atom is 0.242 e. The quantitative estimate of drug-likeness (QED) is 0.298. The summed E-state index contributed by atoms with van der Waals surface area (Å²) in [5, 5.41) is 7.12. The molecular weight excluding hydrogens is 465 g/mol. The van der Waals surface area contributed by atoms with Gasteiger partial charge in [-0.15, -0.1) is 5.10 Å². The predicted molar refractivity (Wildman–Crippen MR) is 114 cm³/mol. The largest absolute Gasteiger partial charge is 0.474 e. The molecule has 3 rings (SSSR count). The van der Waals surface area contributed by atoms with Gasteiger partial charge in [0.05, 0.1) is 35.7 Å². The molecule has 178 valence electrons. The molecule has 0 unspecified atom stereocenters. The second kappa shape index (κ2) is 10.6. The van der Waals surface area contributed by atoms with Crippen LogP contribution in [0.25, 0.3) is 11.0 Å². The molecule has 2 aromatic heterocycles. The van der Waals surface area contributed by atoms with Crippen LogP contribution in [0.2, 0.25) is 0 Å². The first-order valence-electron chi connectivity index (χ1n) is 9.78. The molecule has 33 heavy (non-hydrogen) atoms. The maximum atomic E-state index is 14.9. The van der Waals surface area contributed by atoms with Gasteiger partial charge in [-0.2, -0.15) is 0 Å². The van der Waals surface area contributed by atoms with Crippen LogP contribution in [0.3, 0.4) is 0 Å². The number of hydrogen-bond acceptors (Lipinski definition) is 7. The number of methoxy groups -OCH3 is 1. The van der Waals surface area contributed by atoms with E-state index in [1.807, 2.05) is 4.72 Å². The lowest BCUT2D eigenvalue weighted by Gasteiger charge is -2.11. The monoisotopic (exact) mass is 486 g/mol. The van der Waals surface area contributed by atoms with Crippen LogP contribution in [0.4, 0.5) is 18.9 Å². The highest BCUT2D eigenvalue weighted by Gasteiger charge is 2.23. The number of carbonyl (C=O) groups is 1. The van der Waals surface area contributed by atoms with Crippen molar-refractivity contribution in [3.8, 4) is 5.88 Å². The van der Waals surface area contributed by atoms with Gasteiger partial charge in [0.25, 0.3) is 0 Å². The molecule has 0 bridgehead atoms. The smallest absolute Gasteiger partial charge is 0.242 e. The molecule has 0 aliphatic heterocycles. The summed E-state index contributed by atoms with van der Waals surface area (Å²) in [6.07, 6.45) is 0.638. The van der Waals surface area contributed by atoms with Crippen molar-refractivity contribution < 1.29 is 35.9 Å². The molecule has 0 saturated carbocycles. The molecule has 0 atom stereocenters. The molecule has 0 fully saturated rings. The summed E-state index contributed by atoms with van der Waals surface area (Å²) in [5.74, 6) is -3.79. The summed E-state index contributed by atoms with van der Waals surface area (Å²) in [6.45, 7) is -0.318. The third kappa shape index (κ3) is 5.99. The van der Waals surface area contributed by atoms with Gasteiger partial charge in [0.2, 0.25) is 15.9 Å². The Balaban J connectivity index is 1.84. The van der Waals surface area contributed by atoms with Crippen molar-refractivity contribution in [2.45, 2.75) is 12.8 Å². The number of anilines is 1. The minimum absolute atomic E-state index is 0.226. The third-order valence-electron chi connectivity index (χ3n) is 4.51. The number of alkyl halides is 1. The Morgan fingerprint density at radius 2 is 2.03 bits per heavy atom. The second-order valence-corrected chi connectivity index (χ2v) is 8.80. The zero-order chi connectivity index (χ0) is 24.0. The van der Waals surface area contributed by atoms with Gasteiger partial charge in [-0.25, -0.2) is 22.2 Å². The summed E-state index contributed by atoms with van der Waals surface area (Å²) in [4.78, 5) is 16.8. The molecule has 2 heterocycles. The summed E-state index contributed by atoms with van der Waals surface area (Å²) in [7, 11) is -2.56. The number of fused-ring (bicyclic) bond motifs is 1. The van der Waals surface area contributed by atoms with Crippen LogP contribution in [0.1, 0.15) is 22.3 Å². The van der Waals surface area contributed by atoms with Crippen LogP contribution in [-0.4, -0.2) is 62.1 Å².